The minimum Gasteiger partial charge on any atom is -0.416 e. The summed E-state index contributed by atoms with van der Waals surface area (Å²) in [7, 11) is 0. The molecule has 1 fully saturated rings. The number of rotatable bonds is 2. The molecule has 1 aliphatic rings. The van der Waals surface area contributed by atoms with Crippen LogP contribution in [0.3, 0.4) is 0 Å². The molecular formula is C14H14N2O4. The highest BCUT2D eigenvalue weighted by atomic mass is 16.5. The van der Waals surface area contributed by atoms with E-state index in [1.54, 1.807) is 17.2 Å². The highest BCUT2D eigenvalue weighted by Gasteiger charge is 2.21. The first-order valence-corrected chi connectivity index (χ1v) is 6.32. The van der Waals surface area contributed by atoms with Crippen molar-refractivity contribution in [2.45, 2.75) is 6.92 Å². The van der Waals surface area contributed by atoms with Gasteiger partial charge in [0.1, 0.15) is 12.9 Å². The first kappa shape index (κ1) is 12.7. The summed E-state index contributed by atoms with van der Waals surface area (Å²) in [5.41, 5.74) is 2.48. The van der Waals surface area contributed by atoms with E-state index < -0.39 is 5.76 Å². The Morgan fingerprint density at radius 1 is 1.25 bits per heavy atom. The Kier molecular flexibility index (Phi) is 3.15. The fraction of sp³-hybridized carbons (Fsp3) is 0.286. The number of amides is 1. The number of carbonyl (C=O) groups is 1. The number of nitrogens with zero attached hydrogens (tertiary/aromatic N) is 2. The third-order valence-electron chi connectivity index (χ3n) is 3.31. The smallest absolute Gasteiger partial charge is 0.416 e. The predicted molar refractivity (Wildman–Crippen MR) is 72.2 cm³/mol. The largest absolute Gasteiger partial charge is 0.423 e. The molecule has 20 heavy (non-hydrogen) atoms. The van der Waals surface area contributed by atoms with Gasteiger partial charge in [-0.1, -0.05) is 0 Å². The zero-order valence-corrected chi connectivity index (χ0v) is 11.0. The topological polar surface area (TPSA) is 64.7 Å². The van der Waals surface area contributed by atoms with Crippen molar-refractivity contribution in [1.82, 2.24) is 4.57 Å². The number of oxazole rings is 1. The van der Waals surface area contributed by atoms with Crippen LogP contribution in [-0.4, -0.2) is 30.2 Å². The molecule has 2 heterocycles. The molecule has 0 bridgehead atoms. The van der Waals surface area contributed by atoms with E-state index in [2.05, 4.69) is 0 Å². The van der Waals surface area contributed by atoms with Gasteiger partial charge in [0.15, 0.2) is 0 Å². The molecule has 3 rings (SSSR count). The maximum Gasteiger partial charge on any atom is 0.423 e. The third kappa shape index (κ3) is 2.14. The normalized spacial score (nSPS) is 15.7. The number of aryl methyl sites for hydroxylation is 1. The summed E-state index contributed by atoms with van der Waals surface area (Å²) in [4.78, 5) is 25.0. The van der Waals surface area contributed by atoms with Crippen LogP contribution in [-0.2, 0) is 9.53 Å². The minimum atomic E-state index is -0.431. The van der Waals surface area contributed by atoms with Gasteiger partial charge in [-0.2, -0.15) is 0 Å². The fourth-order valence-electron chi connectivity index (χ4n) is 2.32. The standard InChI is InChI=1S/C14H14N2O4/c1-10-8-11(15-5-7-20-14(15)18)2-3-12(10)16-4-6-19-9-13(16)17/h2-3,5,7-8H,4,6,9H2,1H3. The Hall–Kier alpha value is -2.34. The molecule has 0 atom stereocenters. The van der Waals surface area contributed by atoms with Gasteiger partial charge in [-0.3, -0.25) is 4.79 Å². The Bertz CT molecular complexity index is 701. The Morgan fingerprint density at radius 2 is 2.10 bits per heavy atom. The number of benzene rings is 1. The van der Waals surface area contributed by atoms with E-state index in [9.17, 15) is 9.59 Å². The lowest BCUT2D eigenvalue weighted by Gasteiger charge is -2.28. The van der Waals surface area contributed by atoms with Crippen molar-refractivity contribution in [3.63, 3.8) is 0 Å². The molecule has 0 saturated carbocycles. The van der Waals surface area contributed by atoms with E-state index in [0.29, 0.717) is 18.8 Å². The number of morpholine rings is 1. The zero-order valence-electron chi connectivity index (χ0n) is 11.0. The molecule has 1 aromatic heterocycles. The number of anilines is 1. The molecule has 2 aromatic rings. The second kappa shape index (κ2) is 4.97. The summed E-state index contributed by atoms with van der Waals surface area (Å²) in [5, 5.41) is 0. The van der Waals surface area contributed by atoms with E-state index in [4.69, 9.17) is 9.15 Å². The van der Waals surface area contributed by atoms with Crippen LogP contribution in [0.15, 0.2) is 39.9 Å². The molecule has 104 valence electrons. The molecule has 1 aromatic carbocycles. The van der Waals surface area contributed by atoms with E-state index in [1.807, 2.05) is 19.1 Å². The van der Waals surface area contributed by atoms with Crippen molar-refractivity contribution in [2.24, 2.45) is 0 Å². The van der Waals surface area contributed by atoms with Crippen molar-refractivity contribution in [1.29, 1.82) is 0 Å². The monoisotopic (exact) mass is 274 g/mol. The number of hydrogen-bond donors (Lipinski definition) is 0. The average molecular weight is 274 g/mol. The minimum absolute atomic E-state index is 0.0485. The number of aromatic nitrogens is 1. The summed E-state index contributed by atoms with van der Waals surface area (Å²) in [6.45, 7) is 3.11. The zero-order chi connectivity index (χ0) is 14.1. The lowest BCUT2D eigenvalue weighted by molar-refractivity contribution is -0.125. The quantitative estimate of drug-likeness (QED) is 0.822. The van der Waals surface area contributed by atoms with Crippen molar-refractivity contribution >= 4 is 11.6 Å². The van der Waals surface area contributed by atoms with Crippen molar-refractivity contribution in [3.05, 3.63) is 46.8 Å². The second-order valence-electron chi connectivity index (χ2n) is 4.61. The number of hydrogen-bond acceptors (Lipinski definition) is 4. The lowest BCUT2D eigenvalue weighted by atomic mass is 10.1. The van der Waals surface area contributed by atoms with Crippen molar-refractivity contribution in [3.8, 4) is 5.69 Å². The first-order chi connectivity index (χ1) is 9.66. The Balaban J connectivity index is 1.97. The third-order valence-corrected chi connectivity index (χ3v) is 3.31. The van der Waals surface area contributed by atoms with Gasteiger partial charge < -0.3 is 14.1 Å². The number of carbonyl (C=O) groups excluding carboxylic acids is 1. The molecule has 0 unspecified atom stereocenters. The van der Waals surface area contributed by atoms with Gasteiger partial charge in [0, 0.05) is 12.2 Å². The van der Waals surface area contributed by atoms with E-state index in [-0.39, 0.29) is 12.5 Å². The molecule has 6 nitrogen and oxygen atoms in total. The van der Waals surface area contributed by atoms with E-state index in [1.165, 1.54) is 10.8 Å². The molecule has 0 N–H and O–H groups in total. The predicted octanol–water partition coefficient (Wildman–Crippen LogP) is 1.10. The lowest BCUT2D eigenvalue weighted by Crippen LogP contribution is -2.42. The van der Waals surface area contributed by atoms with Crippen molar-refractivity contribution in [2.75, 3.05) is 24.7 Å². The molecule has 0 aliphatic carbocycles. The Morgan fingerprint density at radius 3 is 2.75 bits per heavy atom. The van der Waals surface area contributed by atoms with Crippen LogP contribution in [0.25, 0.3) is 5.69 Å². The van der Waals surface area contributed by atoms with Gasteiger partial charge in [-0.05, 0) is 30.7 Å². The van der Waals surface area contributed by atoms with Gasteiger partial charge in [0.05, 0.1) is 18.5 Å². The van der Waals surface area contributed by atoms with Crippen LogP contribution in [0.5, 0.6) is 0 Å². The second-order valence-corrected chi connectivity index (χ2v) is 4.61. The van der Waals surface area contributed by atoms with Crippen LogP contribution in [0, 0.1) is 6.92 Å². The Labute approximate surface area is 115 Å². The highest BCUT2D eigenvalue weighted by Crippen LogP contribution is 2.23. The molecule has 6 heteroatoms. The summed E-state index contributed by atoms with van der Waals surface area (Å²) in [6, 6.07) is 5.49. The maximum atomic E-state index is 11.8. The SMILES string of the molecule is Cc1cc(-n2ccoc2=O)ccc1N1CCOCC1=O. The molecule has 0 radical (unpaired) electrons. The van der Waals surface area contributed by atoms with Crippen LogP contribution >= 0.6 is 0 Å². The van der Waals surface area contributed by atoms with E-state index >= 15 is 0 Å². The first-order valence-electron chi connectivity index (χ1n) is 6.32. The highest BCUT2D eigenvalue weighted by molar-refractivity contribution is 5.95. The van der Waals surface area contributed by atoms with Crippen LogP contribution < -0.4 is 10.7 Å². The summed E-state index contributed by atoms with van der Waals surface area (Å²) in [5.74, 6) is -0.479. The fourth-order valence-corrected chi connectivity index (χ4v) is 2.32. The van der Waals surface area contributed by atoms with Gasteiger partial charge in [0.2, 0.25) is 0 Å². The molecular weight excluding hydrogens is 260 g/mol. The van der Waals surface area contributed by atoms with Crippen LogP contribution in [0.1, 0.15) is 5.56 Å². The van der Waals surface area contributed by atoms with Gasteiger partial charge in [-0.15, -0.1) is 0 Å². The average Bonchev–Trinajstić information content (AvgIpc) is 2.86. The van der Waals surface area contributed by atoms with Crippen molar-refractivity contribution < 1.29 is 13.9 Å². The van der Waals surface area contributed by atoms with Crippen LogP contribution in [0.4, 0.5) is 5.69 Å². The maximum absolute atomic E-state index is 11.8. The van der Waals surface area contributed by atoms with E-state index in [0.717, 1.165) is 11.3 Å². The number of ether oxygens (including phenoxy) is 1. The molecule has 1 saturated heterocycles. The van der Waals surface area contributed by atoms with Gasteiger partial charge >= 0.3 is 5.76 Å². The van der Waals surface area contributed by atoms with Gasteiger partial charge in [0.25, 0.3) is 5.91 Å². The summed E-state index contributed by atoms with van der Waals surface area (Å²) >= 11 is 0. The summed E-state index contributed by atoms with van der Waals surface area (Å²) < 4.78 is 11.3. The molecule has 1 amide bonds. The summed E-state index contributed by atoms with van der Waals surface area (Å²) in [6.07, 6.45) is 2.91. The van der Waals surface area contributed by atoms with Crippen LogP contribution in [0.2, 0.25) is 0 Å². The molecule has 0 spiro atoms. The molecule has 1 aliphatic heterocycles. The van der Waals surface area contributed by atoms with Gasteiger partial charge in [-0.25, -0.2) is 9.36 Å².